The number of benzene rings is 2. The topological polar surface area (TPSA) is 322 Å². The molecule has 0 bridgehead atoms. The molecule has 0 fully saturated rings. The molecule has 0 aliphatic carbocycles. The summed E-state index contributed by atoms with van der Waals surface area (Å²) in [6, 6.07) is 17.7. The Kier molecular flexibility index (Phi) is 40.8. The van der Waals surface area contributed by atoms with Crippen LogP contribution in [0, 0.1) is 0 Å². The van der Waals surface area contributed by atoms with Gasteiger partial charge in [0, 0.05) is 103 Å². The van der Waals surface area contributed by atoms with Gasteiger partial charge in [0.15, 0.2) is 16.8 Å². The molecular weight excluding hydrogens is 1440 g/mol. The van der Waals surface area contributed by atoms with Crippen LogP contribution in [0.25, 0.3) is 33.1 Å². The van der Waals surface area contributed by atoms with Crippen molar-refractivity contribution in [1.29, 1.82) is 0 Å². The summed E-state index contributed by atoms with van der Waals surface area (Å²) in [5, 5.41) is 12.1. The van der Waals surface area contributed by atoms with E-state index in [9.17, 15) is 14.4 Å². The molecule has 0 unspecified atom stereocenters. The van der Waals surface area contributed by atoms with Crippen LogP contribution in [0.4, 0.5) is 23.5 Å². The smallest absolute Gasteiger partial charge is 0.225 e. The van der Waals surface area contributed by atoms with Crippen molar-refractivity contribution in [2.45, 2.75) is 235 Å². The summed E-state index contributed by atoms with van der Waals surface area (Å²) >= 11 is 29.3. The van der Waals surface area contributed by atoms with Gasteiger partial charge in [-0.05, 0) is 162 Å². The first-order chi connectivity index (χ1) is 49.6. The summed E-state index contributed by atoms with van der Waals surface area (Å²) in [4.78, 5) is 74.7. The molecule has 2 aromatic carbocycles. The van der Waals surface area contributed by atoms with Gasteiger partial charge in [-0.2, -0.15) is 9.97 Å². The average molecular weight is 1550 g/mol. The number of carbonyl (C=O) groups is 3. The number of methoxy groups -OCH3 is 4. The lowest BCUT2D eigenvalue weighted by molar-refractivity contribution is -0.118. The van der Waals surface area contributed by atoms with Gasteiger partial charge in [0.2, 0.25) is 17.2 Å². The van der Waals surface area contributed by atoms with Crippen molar-refractivity contribution in [3.8, 4) is 23.0 Å². The van der Waals surface area contributed by atoms with Crippen LogP contribution in [-0.2, 0) is 27.5 Å². The summed E-state index contributed by atoms with van der Waals surface area (Å²) in [5.41, 5.74) is 22.0. The zero-order chi connectivity index (χ0) is 78.6. The first-order valence-electron chi connectivity index (χ1n) is 35.7. The van der Waals surface area contributed by atoms with Crippen LogP contribution in [0.5, 0.6) is 23.0 Å². The number of halogens is 5. The number of rotatable bonds is 33. The number of pyridine rings is 3. The maximum atomic E-state index is 11.7. The Labute approximate surface area is 647 Å². The van der Waals surface area contributed by atoms with E-state index >= 15 is 0 Å². The minimum absolute atomic E-state index is 0.0848. The number of fused-ring (bicyclic) bond motifs is 3. The molecule has 0 saturated carbocycles. The molecule has 578 valence electrons. The molecule has 9 N–H and O–H groups in total. The van der Waals surface area contributed by atoms with Crippen molar-refractivity contribution < 1.29 is 33.3 Å². The van der Waals surface area contributed by atoms with Gasteiger partial charge >= 0.3 is 0 Å². The van der Waals surface area contributed by atoms with Crippen molar-refractivity contribution in [3.63, 3.8) is 0 Å². The lowest BCUT2D eigenvalue weighted by atomic mass is 9.89. The molecule has 8 aromatic rings. The molecule has 6 heterocycles. The monoisotopic (exact) mass is 1550 g/mol. The van der Waals surface area contributed by atoms with Gasteiger partial charge in [-0.1, -0.05) is 119 Å². The van der Waals surface area contributed by atoms with Gasteiger partial charge in [-0.15, -0.1) is 0 Å². The van der Waals surface area contributed by atoms with Gasteiger partial charge in [0.25, 0.3) is 0 Å². The van der Waals surface area contributed by atoms with Crippen LogP contribution in [0.2, 0.25) is 25.5 Å². The highest BCUT2D eigenvalue weighted by molar-refractivity contribution is 6.36. The van der Waals surface area contributed by atoms with E-state index in [4.69, 9.17) is 99.1 Å². The normalized spacial score (nSPS) is 12.6. The van der Waals surface area contributed by atoms with Crippen LogP contribution in [-0.4, -0.2) is 131 Å². The second-order valence-corrected chi connectivity index (χ2v) is 29.1. The minimum atomic E-state index is -0.319. The summed E-state index contributed by atoms with van der Waals surface area (Å²) in [5.74, 6) is 5.36. The number of Topliss-reactive ketones (excluding diaryl/α,β-unsaturated/α-hetero) is 3. The number of nitrogens with zero attached hydrogens (tertiary/aromatic N) is 10. The second kappa shape index (κ2) is 46.7. The Bertz CT molecular complexity index is 3990. The lowest BCUT2D eigenvalue weighted by Crippen LogP contribution is -2.36. The van der Waals surface area contributed by atoms with E-state index < -0.39 is 0 Å². The fourth-order valence-corrected chi connectivity index (χ4v) is 11.9. The second-order valence-electron chi connectivity index (χ2n) is 27.0. The Morgan fingerprint density at radius 3 is 1.36 bits per heavy atom. The van der Waals surface area contributed by atoms with Crippen LogP contribution in [0.15, 0.2) is 73.2 Å². The van der Waals surface area contributed by atoms with Crippen LogP contribution < -0.4 is 52.1 Å². The van der Waals surface area contributed by atoms with Crippen LogP contribution in [0.1, 0.15) is 204 Å². The quantitative estimate of drug-likeness (QED) is 0.0164. The van der Waals surface area contributed by atoms with Gasteiger partial charge in [-0.25, -0.2) is 34.9 Å². The molecule has 8 rings (SSSR count). The number of anilines is 4. The SMILES string of the molecule is CCCC[C@@](C)(N)CCC(C)=O.CCCC[C@](C)(CCC(C)=O)Nc1nc(N)nc2cc(Cl)cnc12.CCCC[C@](C)(CCC(C)=O)Nc1nc(NCc2ccc(OC)cc2OC)nc2cc(Cl)cnc12.CCN(C(C)C)C(C)C.COc1ccc(CN)c(OC)c1.Clc1cnc2c(Cl)nc(Cl)nc2c1. The van der Waals surface area contributed by atoms with Gasteiger partial charge in [-0.3, -0.25) is 4.90 Å². The van der Waals surface area contributed by atoms with E-state index in [1.165, 1.54) is 12.6 Å². The number of ketones is 3. The first-order valence-corrected chi connectivity index (χ1v) is 37.5. The fraction of sp³-hybridized carbons (Fsp3) is 0.532. The van der Waals surface area contributed by atoms with Crippen molar-refractivity contribution in [3.05, 3.63) is 110 Å². The predicted octanol–water partition coefficient (Wildman–Crippen LogP) is 18.6. The fourth-order valence-electron chi connectivity index (χ4n) is 11.0. The molecule has 6 aromatic heterocycles. The number of unbranched alkanes of at least 4 members (excludes halogenated alkanes) is 3. The molecule has 28 heteroatoms. The summed E-state index contributed by atoms with van der Waals surface area (Å²) in [6.45, 7) is 30.8. The van der Waals surface area contributed by atoms with E-state index in [2.05, 4.69) is 130 Å². The average Bonchev–Trinajstić information content (AvgIpc) is 0.793. The molecule has 0 aliphatic rings. The third-order valence-corrected chi connectivity index (χ3v) is 18.1. The summed E-state index contributed by atoms with van der Waals surface area (Å²) in [7, 11) is 6.48. The predicted molar refractivity (Wildman–Crippen MR) is 433 cm³/mol. The Morgan fingerprint density at radius 1 is 0.524 bits per heavy atom. The first kappa shape index (κ1) is 91.9. The van der Waals surface area contributed by atoms with E-state index in [0.717, 1.165) is 99.1 Å². The van der Waals surface area contributed by atoms with Gasteiger partial charge in [0.1, 0.15) is 56.9 Å². The van der Waals surface area contributed by atoms with Crippen LogP contribution >= 0.6 is 58.0 Å². The number of ether oxygens (including phenoxy) is 4. The zero-order valence-corrected chi connectivity index (χ0v) is 68.5. The molecule has 23 nitrogen and oxygen atoms in total. The third-order valence-electron chi connectivity index (χ3n) is 17.0. The largest absolute Gasteiger partial charge is 0.497 e. The highest BCUT2D eigenvalue weighted by Gasteiger charge is 2.28. The Morgan fingerprint density at radius 2 is 0.943 bits per heavy atom. The summed E-state index contributed by atoms with van der Waals surface area (Å²) in [6.07, 6.45) is 17.9. The number of nitrogens with two attached hydrogens (primary N) is 3. The molecular formula is C77H113Cl5N16O7. The molecule has 0 radical (unpaired) electrons. The standard InChI is InChI=1S/C26H34ClN5O3.C17H24ClN5O.C10H21NO.C9H13NO2.C8H19N.C7H2Cl3N3/c1-6-7-11-26(3,12-10-17(2)33)32-24-23-21(13-19(27)16-28-23)30-25(31-24)29-15-18-8-9-20(34-4)14-22(18)35-5;1-4-5-7-17(3,8-6-11(2)24)23-15-14-13(21-16(19)22-15)9-12(18)10-20-14;1-4-5-7-10(3,11)8-6-9(2)12;1-11-8-4-3-7(6-10)9(5-8)12-2;1-6-9(7(2)3)8(4)5;8-3-1-4-5(11-2-3)6(9)13-7(10)12-4/h8-9,13-14,16H,6-7,10-12,15H2,1-5H3,(H2,29,30,31,32);9-10H,4-8H2,1-3H3,(H3,19,21,22,23);4-8,11H2,1-3H3;3-5H,6,10H2,1-2H3;7-8H,6H2,1-5H3;1-2H/t26-;17-;10-;;;/m111.../s1. The number of carbonyl (C=O) groups excluding carboxylic acids is 3. The highest BCUT2D eigenvalue weighted by Crippen LogP contribution is 2.34. The van der Waals surface area contributed by atoms with Crippen molar-refractivity contribution >= 4 is 132 Å². The van der Waals surface area contributed by atoms with Crippen molar-refractivity contribution in [2.24, 2.45) is 11.5 Å². The Balaban J connectivity index is 0.000000353. The lowest BCUT2D eigenvalue weighted by Gasteiger charge is -2.32. The number of nitrogen functional groups attached to an aromatic ring is 1. The zero-order valence-electron chi connectivity index (χ0n) is 64.8. The van der Waals surface area contributed by atoms with E-state index in [1.54, 1.807) is 79.8 Å². The van der Waals surface area contributed by atoms with Crippen LogP contribution in [0.3, 0.4) is 0 Å². The Hall–Kier alpha value is -7.35. The van der Waals surface area contributed by atoms with E-state index in [0.29, 0.717) is 122 Å². The molecule has 0 amide bonds. The maximum absolute atomic E-state index is 11.7. The maximum Gasteiger partial charge on any atom is 0.225 e. The minimum Gasteiger partial charge on any atom is -0.497 e. The third kappa shape index (κ3) is 33.1. The molecule has 3 atom stereocenters. The molecule has 0 spiro atoms. The number of hydrogen-bond donors (Lipinski definition) is 6. The molecule has 0 saturated heterocycles. The summed E-state index contributed by atoms with van der Waals surface area (Å²) < 4.78 is 20.9. The molecule has 0 aliphatic heterocycles. The van der Waals surface area contributed by atoms with Gasteiger partial charge in [0.05, 0.1) is 60.1 Å². The van der Waals surface area contributed by atoms with E-state index in [1.807, 2.05) is 43.3 Å². The van der Waals surface area contributed by atoms with Crippen molar-refractivity contribution in [2.75, 3.05) is 56.7 Å². The highest BCUT2D eigenvalue weighted by atomic mass is 35.5. The van der Waals surface area contributed by atoms with E-state index in [-0.39, 0.29) is 50.4 Å². The number of aromatic nitrogens is 9. The number of hydrogen-bond acceptors (Lipinski definition) is 23. The van der Waals surface area contributed by atoms with Gasteiger partial charge < -0.3 is 66.5 Å². The molecule has 105 heavy (non-hydrogen) atoms. The van der Waals surface area contributed by atoms with Crippen molar-refractivity contribution in [1.82, 2.24) is 49.8 Å². The number of nitrogens with one attached hydrogen (secondary N) is 3.